The molecule has 1 amide bonds. The van der Waals surface area contributed by atoms with E-state index in [-0.39, 0.29) is 10.6 Å². The fraction of sp³-hybridized carbons (Fsp3) is 0.174. The Morgan fingerprint density at radius 3 is 2.24 bits per heavy atom. The number of anilines is 2. The SMILES string of the molecule is Cc1ccccc1OC(C)C(=O)Nc1ccc(S(=O)(=O)Nc2ccc(Cl)c(C(F)(F)F)c2)cc1. The van der Waals surface area contributed by atoms with E-state index in [2.05, 4.69) is 10.0 Å². The fourth-order valence-electron chi connectivity index (χ4n) is 2.91. The molecule has 0 spiro atoms. The van der Waals surface area contributed by atoms with Crippen LogP contribution in [0.2, 0.25) is 5.02 Å². The topological polar surface area (TPSA) is 84.5 Å². The molecule has 3 aromatic rings. The van der Waals surface area contributed by atoms with Crippen molar-refractivity contribution in [3.05, 3.63) is 82.9 Å². The first-order valence-electron chi connectivity index (χ1n) is 9.89. The fourth-order valence-corrected chi connectivity index (χ4v) is 4.19. The minimum atomic E-state index is -4.74. The summed E-state index contributed by atoms with van der Waals surface area (Å²) in [6.07, 6.45) is -5.56. The van der Waals surface area contributed by atoms with Gasteiger partial charge in [0.05, 0.1) is 15.5 Å². The van der Waals surface area contributed by atoms with Crippen LogP contribution in [-0.2, 0) is 21.0 Å². The van der Waals surface area contributed by atoms with Crippen molar-refractivity contribution in [1.29, 1.82) is 0 Å². The molecule has 1 atom stereocenters. The van der Waals surface area contributed by atoms with Crippen LogP contribution in [0.15, 0.2) is 71.6 Å². The van der Waals surface area contributed by atoms with E-state index in [1.54, 1.807) is 19.1 Å². The molecule has 3 aromatic carbocycles. The van der Waals surface area contributed by atoms with E-state index in [1.807, 2.05) is 19.1 Å². The Kier molecular flexibility index (Phi) is 7.42. The maximum Gasteiger partial charge on any atom is 0.417 e. The number of alkyl halides is 3. The zero-order valence-corrected chi connectivity index (χ0v) is 19.6. The van der Waals surface area contributed by atoms with Crippen molar-refractivity contribution in [2.45, 2.75) is 31.0 Å². The Morgan fingerprint density at radius 2 is 1.62 bits per heavy atom. The van der Waals surface area contributed by atoms with Crippen LogP contribution in [0.4, 0.5) is 24.5 Å². The molecule has 11 heteroatoms. The lowest BCUT2D eigenvalue weighted by Crippen LogP contribution is -2.30. The summed E-state index contributed by atoms with van der Waals surface area (Å²) in [7, 11) is -4.19. The Hall–Kier alpha value is -3.24. The smallest absolute Gasteiger partial charge is 0.417 e. The monoisotopic (exact) mass is 512 g/mol. The van der Waals surface area contributed by atoms with Gasteiger partial charge in [-0.05, 0) is 67.9 Å². The highest BCUT2D eigenvalue weighted by atomic mass is 35.5. The number of amides is 1. The molecule has 0 radical (unpaired) electrons. The Bertz CT molecular complexity index is 1300. The van der Waals surface area contributed by atoms with Crippen LogP contribution in [0.5, 0.6) is 5.75 Å². The number of hydrogen-bond donors (Lipinski definition) is 2. The molecule has 0 aliphatic rings. The second-order valence-corrected chi connectivity index (χ2v) is 9.43. The number of ether oxygens (including phenoxy) is 1. The number of aryl methyl sites for hydroxylation is 1. The van der Waals surface area contributed by atoms with Gasteiger partial charge in [0.15, 0.2) is 6.10 Å². The molecule has 180 valence electrons. The van der Waals surface area contributed by atoms with Crippen molar-refractivity contribution >= 4 is 38.9 Å². The quantitative estimate of drug-likeness (QED) is 0.414. The molecule has 0 bridgehead atoms. The van der Waals surface area contributed by atoms with Crippen molar-refractivity contribution in [2.75, 3.05) is 10.0 Å². The van der Waals surface area contributed by atoms with Crippen LogP contribution in [0.25, 0.3) is 0 Å². The van der Waals surface area contributed by atoms with Gasteiger partial charge in [0.25, 0.3) is 15.9 Å². The predicted molar refractivity (Wildman–Crippen MR) is 124 cm³/mol. The Labute approximate surface area is 199 Å². The molecule has 0 fully saturated rings. The predicted octanol–water partition coefficient (Wildman–Crippen LogP) is 5.87. The van der Waals surface area contributed by atoms with Crippen LogP contribution in [-0.4, -0.2) is 20.4 Å². The molecule has 0 saturated carbocycles. The van der Waals surface area contributed by atoms with Crippen LogP contribution in [0.1, 0.15) is 18.1 Å². The van der Waals surface area contributed by atoms with Gasteiger partial charge >= 0.3 is 6.18 Å². The second kappa shape index (κ2) is 9.94. The molecule has 1 unspecified atom stereocenters. The highest BCUT2D eigenvalue weighted by molar-refractivity contribution is 7.92. The third-order valence-electron chi connectivity index (χ3n) is 4.72. The van der Waals surface area contributed by atoms with E-state index >= 15 is 0 Å². The molecule has 0 aliphatic heterocycles. The third kappa shape index (κ3) is 6.21. The first kappa shape index (κ1) is 25.4. The van der Waals surface area contributed by atoms with Gasteiger partial charge in [-0.2, -0.15) is 13.2 Å². The van der Waals surface area contributed by atoms with E-state index in [1.165, 1.54) is 24.3 Å². The van der Waals surface area contributed by atoms with Crippen LogP contribution < -0.4 is 14.8 Å². The Balaban J connectivity index is 1.69. The van der Waals surface area contributed by atoms with Gasteiger partial charge in [0.1, 0.15) is 5.75 Å². The lowest BCUT2D eigenvalue weighted by atomic mass is 10.2. The van der Waals surface area contributed by atoms with Gasteiger partial charge in [-0.25, -0.2) is 8.42 Å². The first-order chi connectivity index (χ1) is 15.9. The molecule has 2 N–H and O–H groups in total. The number of nitrogens with one attached hydrogen (secondary N) is 2. The number of carbonyl (C=O) groups excluding carboxylic acids is 1. The molecule has 0 aromatic heterocycles. The van der Waals surface area contributed by atoms with E-state index in [0.717, 1.165) is 17.7 Å². The van der Waals surface area contributed by atoms with Gasteiger partial charge in [0, 0.05) is 11.4 Å². The van der Waals surface area contributed by atoms with Gasteiger partial charge in [-0.1, -0.05) is 29.8 Å². The molecule has 34 heavy (non-hydrogen) atoms. The summed E-state index contributed by atoms with van der Waals surface area (Å²) in [6.45, 7) is 3.42. The summed E-state index contributed by atoms with van der Waals surface area (Å²) in [5.74, 6) is 0.117. The number of rotatable bonds is 7. The summed E-state index contributed by atoms with van der Waals surface area (Å²) in [5, 5.41) is 2.08. The van der Waals surface area contributed by atoms with Crippen molar-refractivity contribution in [1.82, 2.24) is 0 Å². The lowest BCUT2D eigenvalue weighted by Gasteiger charge is -2.16. The first-order valence-corrected chi connectivity index (χ1v) is 11.8. The molecule has 0 saturated heterocycles. The van der Waals surface area contributed by atoms with E-state index in [9.17, 15) is 26.4 Å². The highest BCUT2D eigenvalue weighted by Gasteiger charge is 2.33. The number of para-hydroxylation sites is 1. The summed E-state index contributed by atoms with van der Waals surface area (Å²) < 4.78 is 72.0. The molecule has 0 heterocycles. The van der Waals surface area contributed by atoms with Gasteiger partial charge in [0.2, 0.25) is 0 Å². The third-order valence-corrected chi connectivity index (χ3v) is 6.45. The molecule has 3 rings (SSSR count). The summed E-state index contributed by atoms with van der Waals surface area (Å²) in [6, 6.07) is 15.1. The summed E-state index contributed by atoms with van der Waals surface area (Å²) in [4.78, 5) is 12.2. The zero-order valence-electron chi connectivity index (χ0n) is 18.0. The maximum atomic E-state index is 13.0. The molecule has 6 nitrogen and oxygen atoms in total. The number of benzene rings is 3. The number of halogens is 4. The second-order valence-electron chi connectivity index (χ2n) is 7.34. The molecular formula is C23H20ClF3N2O4S. The van der Waals surface area contributed by atoms with Gasteiger partial charge < -0.3 is 10.1 Å². The van der Waals surface area contributed by atoms with E-state index < -0.39 is 38.8 Å². The molecule has 0 aliphatic carbocycles. The minimum absolute atomic E-state index is 0.210. The van der Waals surface area contributed by atoms with E-state index in [0.29, 0.717) is 17.5 Å². The normalized spacial score (nSPS) is 12.6. The van der Waals surface area contributed by atoms with Crippen LogP contribution in [0, 0.1) is 6.92 Å². The van der Waals surface area contributed by atoms with Crippen molar-refractivity contribution in [3.63, 3.8) is 0 Å². The maximum absolute atomic E-state index is 13.0. The number of sulfonamides is 1. The molecular weight excluding hydrogens is 493 g/mol. The van der Waals surface area contributed by atoms with Gasteiger partial charge in [-0.15, -0.1) is 0 Å². The lowest BCUT2D eigenvalue weighted by molar-refractivity contribution is -0.137. The largest absolute Gasteiger partial charge is 0.481 e. The Morgan fingerprint density at radius 1 is 1.00 bits per heavy atom. The highest BCUT2D eigenvalue weighted by Crippen LogP contribution is 2.36. The average Bonchev–Trinajstić information content (AvgIpc) is 2.76. The zero-order chi connectivity index (χ0) is 25.1. The summed E-state index contributed by atoms with van der Waals surface area (Å²) in [5.41, 5.74) is -0.270. The van der Waals surface area contributed by atoms with Crippen molar-refractivity contribution < 1.29 is 31.1 Å². The minimum Gasteiger partial charge on any atom is -0.481 e. The van der Waals surface area contributed by atoms with E-state index in [4.69, 9.17) is 16.3 Å². The number of hydrogen-bond acceptors (Lipinski definition) is 4. The van der Waals surface area contributed by atoms with Crippen LogP contribution >= 0.6 is 11.6 Å². The van der Waals surface area contributed by atoms with Crippen LogP contribution in [0.3, 0.4) is 0 Å². The number of carbonyl (C=O) groups is 1. The standard InChI is InChI=1S/C23H20ClF3N2O4S/c1-14-5-3-4-6-21(14)33-15(2)22(30)28-16-7-10-18(11-8-16)34(31,32)29-17-9-12-20(24)19(13-17)23(25,26)27/h3-13,15,29H,1-2H3,(H,28,30). The van der Waals surface area contributed by atoms with Gasteiger partial charge in [-0.3, -0.25) is 9.52 Å². The average molecular weight is 513 g/mol. The van der Waals surface area contributed by atoms with Crippen molar-refractivity contribution in [3.8, 4) is 5.75 Å². The van der Waals surface area contributed by atoms with Crippen molar-refractivity contribution in [2.24, 2.45) is 0 Å². The summed E-state index contributed by atoms with van der Waals surface area (Å²) >= 11 is 5.56.